The van der Waals surface area contributed by atoms with Crippen LogP contribution in [0.25, 0.3) is 0 Å². The fourth-order valence-electron chi connectivity index (χ4n) is 3.48. The lowest BCUT2D eigenvalue weighted by molar-refractivity contribution is -0.161. The van der Waals surface area contributed by atoms with E-state index in [4.69, 9.17) is 10.9 Å². The molecule has 2 amide bonds. The van der Waals surface area contributed by atoms with E-state index in [1.54, 1.807) is 30.7 Å². The van der Waals surface area contributed by atoms with Gasteiger partial charge in [0.15, 0.2) is 5.84 Å². The largest absolute Gasteiger partial charge is 0.409 e. The molecule has 0 aromatic rings. The van der Waals surface area contributed by atoms with Gasteiger partial charge < -0.3 is 20.7 Å². The lowest BCUT2D eigenvalue weighted by Gasteiger charge is -2.47. The predicted octanol–water partition coefficient (Wildman–Crippen LogP) is 0.372. The number of amides is 2. The molecule has 7 nitrogen and oxygen atoms in total. The Bertz CT molecular complexity index is 481. The summed E-state index contributed by atoms with van der Waals surface area (Å²) in [7, 11) is 1.74. The summed E-state index contributed by atoms with van der Waals surface area (Å²) in [5, 5.41) is 12.1. The third-order valence-electron chi connectivity index (χ3n) is 4.91. The van der Waals surface area contributed by atoms with Crippen molar-refractivity contribution in [2.24, 2.45) is 16.3 Å². The fraction of sp³-hybridized carbons (Fsp3) is 0.786. The smallest absolute Gasteiger partial charge is 0.247 e. The SMILES string of the molecule is CN1CCN(C(=O)C2(C(N)=NO)CCCC2)C(C)(C)C1=O. The average molecular weight is 296 g/mol. The van der Waals surface area contributed by atoms with E-state index in [1.165, 1.54) is 0 Å². The summed E-state index contributed by atoms with van der Waals surface area (Å²) in [6.45, 7) is 4.46. The van der Waals surface area contributed by atoms with Crippen LogP contribution < -0.4 is 5.73 Å². The zero-order valence-corrected chi connectivity index (χ0v) is 12.9. The topological polar surface area (TPSA) is 99.2 Å². The highest BCUT2D eigenvalue weighted by molar-refractivity contribution is 6.08. The molecule has 0 aromatic carbocycles. The van der Waals surface area contributed by atoms with Crippen molar-refractivity contribution in [3.63, 3.8) is 0 Å². The van der Waals surface area contributed by atoms with Crippen molar-refractivity contribution < 1.29 is 14.8 Å². The third-order valence-corrected chi connectivity index (χ3v) is 4.91. The number of carbonyl (C=O) groups excluding carboxylic acids is 2. The van der Waals surface area contributed by atoms with Crippen molar-refractivity contribution in [1.82, 2.24) is 9.80 Å². The Morgan fingerprint density at radius 3 is 2.38 bits per heavy atom. The lowest BCUT2D eigenvalue weighted by Crippen LogP contribution is -2.66. The minimum absolute atomic E-state index is 0.0350. The number of rotatable bonds is 2. The van der Waals surface area contributed by atoms with Gasteiger partial charge in [-0.2, -0.15) is 0 Å². The van der Waals surface area contributed by atoms with Gasteiger partial charge in [-0.25, -0.2) is 0 Å². The molecule has 1 saturated heterocycles. The highest BCUT2D eigenvalue weighted by Crippen LogP contribution is 2.42. The van der Waals surface area contributed by atoms with E-state index in [1.807, 2.05) is 0 Å². The molecule has 1 heterocycles. The molecule has 21 heavy (non-hydrogen) atoms. The van der Waals surface area contributed by atoms with E-state index in [0.717, 1.165) is 12.8 Å². The lowest BCUT2D eigenvalue weighted by atomic mass is 9.81. The predicted molar refractivity (Wildman–Crippen MR) is 77.7 cm³/mol. The molecule has 0 aromatic heterocycles. The molecule has 1 aliphatic carbocycles. The summed E-state index contributed by atoms with van der Waals surface area (Å²) < 4.78 is 0. The van der Waals surface area contributed by atoms with Crippen molar-refractivity contribution in [3.8, 4) is 0 Å². The van der Waals surface area contributed by atoms with Crippen LogP contribution >= 0.6 is 0 Å². The fourth-order valence-corrected chi connectivity index (χ4v) is 3.48. The van der Waals surface area contributed by atoms with Gasteiger partial charge in [-0.05, 0) is 26.7 Å². The maximum atomic E-state index is 13.1. The van der Waals surface area contributed by atoms with E-state index in [0.29, 0.717) is 25.9 Å². The van der Waals surface area contributed by atoms with Crippen LogP contribution in [0, 0.1) is 5.41 Å². The maximum Gasteiger partial charge on any atom is 0.247 e. The first-order valence-electron chi connectivity index (χ1n) is 7.33. The number of hydrogen-bond acceptors (Lipinski definition) is 4. The average Bonchev–Trinajstić information content (AvgIpc) is 2.94. The van der Waals surface area contributed by atoms with Gasteiger partial charge in [-0.1, -0.05) is 18.0 Å². The minimum Gasteiger partial charge on any atom is -0.409 e. The van der Waals surface area contributed by atoms with Crippen molar-refractivity contribution in [3.05, 3.63) is 0 Å². The molecule has 2 rings (SSSR count). The number of hydrogen-bond donors (Lipinski definition) is 2. The van der Waals surface area contributed by atoms with Crippen LogP contribution in [0.2, 0.25) is 0 Å². The monoisotopic (exact) mass is 296 g/mol. The van der Waals surface area contributed by atoms with Crippen LogP contribution in [0.3, 0.4) is 0 Å². The molecule has 2 aliphatic rings. The highest BCUT2D eigenvalue weighted by atomic mass is 16.4. The quantitative estimate of drug-likeness (QED) is 0.333. The Morgan fingerprint density at radius 1 is 1.29 bits per heavy atom. The summed E-state index contributed by atoms with van der Waals surface area (Å²) in [5.74, 6) is -0.316. The number of oxime groups is 1. The number of nitrogens with zero attached hydrogens (tertiary/aromatic N) is 3. The van der Waals surface area contributed by atoms with Crippen molar-refractivity contribution >= 4 is 17.6 Å². The number of amidine groups is 1. The van der Waals surface area contributed by atoms with Crippen molar-refractivity contribution in [2.75, 3.05) is 20.1 Å². The van der Waals surface area contributed by atoms with Crippen LogP contribution in [-0.2, 0) is 9.59 Å². The van der Waals surface area contributed by atoms with E-state index in [2.05, 4.69) is 5.16 Å². The second kappa shape index (κ2) is 5.20. The number of likely N-dealkylation sites (N-methyl/N-ethyl adjacent to an activating group) is 1. The molecule has 0 atom stereocenters. The minimum atomic E-state index is -0.956. The summed E-state index contributed by atoms with van der Waals surface area (Å²) in [6.07, 6.45) is 2.87. The van der Waals surface area contributed by atoms with Crippen LogP contribution in [0.5, 0.6) is 0 Å². The molecular formula is C14H24N4O3. The molecule has 0 unspecified atom stereocenters. The van der Waals surface area contributed by atoms with Gasteiger partial charge in [0, 0.05) is 20.1 Å². The molecule has 3 N–H and O–H groups in total. The molecule has 118 valence electrons. The Labute approximate surface area is 124 Å². The number of carbonyl (C=O) groups is 2. The van der Waals surface area contributed by atoms with E-state index >= 15 is 0 Å². The number of nitrogens with two attached hydrogens (primary N) is 1. The van der Waals surface area contributed by atoms with E-state index in [9.17, 15) is 9.59 Å². The van der Waals surface area contributed by atoms with Crippen LogP contribution in [0.4, 0.5) is 0 Å². The van der Waals surface area contributed by atoms with E-state index in [-0.39, 0.29) is 17.6 Å². The van der Waals surface area contributed by atoms with Crippen molar-refractivity contribution in [2.45, 2.75) is 45.1 Å². The Balaban J connectivity index is 2.36. The first-order valence-corrected chi connectivity index (χ1v) is 7.33. The molecule has 0 spiro atoms. The Morgan fingerprint density at radius 2 is 1.86 bits per heavy atom. The van der Waals surface area contributed by atoms with Gasteiger partial charge in [0.1, 0.15) is 11.0 Å². The molecule has 1 aliphatic heterocycles. The Kier molecular flexibility index (Phi) is 3.86. The highest BCUT2D eigenvalue weighted by Gasteiger charge is 2.53. The first-order chi connectivity index (χ1) is 9.77. The summed E-state index contributed by atoms with van der Waals surface area (Å²) in [6, 6.07) is 0. The molecule has 0 radical (unpaired) electrons. The summed E-state index contributed by atoms with van der Waals surface area (Å²) in [5.41, 5.74) is 3.97. The second-order valence-electron chi connectivity index (χ2n) is 6.52. The molecular weight excluding hydrogens is 272 g/mol. The van der Waals surface area contributed by atoms with Gasteiger partial charge in [-0.3, -0.25) is 9.59 Å². The standard InChI is InChI=1S/C14H24N4O3/c1-13(2)11(19)17(3)8-9-18(13)12(20)14(10(15)16-21)6-4-5-7-14/h21H,4-9H2,1-3H3,(H2,15,16). The third kappa shape index (κ3) is 2.24. The molecule has 2 fully saturated rings. The molecule has 7 heteroatoms. The van der Waals surface area contributed by atoms with Crippen LogP contribution in [-0.4, -0.2) is 58.3 Å². The summed E-state index contributed by atoms with van der Waals surface area (Å²) >= 11 is 0. The van der Waals surface area contributed by atoms with E-state index < -0.39 is 11.0 Å². The number of piperazine rings is 1. The van der Waals surface area contributed by atoms with Gasteiger partial charge in [0.25, 0.3) is 0 Å². The zero-order chi connectivity index (χ0) is 15.8. The molecule has 0 bridgehead atoms. The van der Waals surface area contributed by atoms with Crippen LogP contribution in [0.15, 0.2) is 5.16 Å². The van der Waals surface area contributed by atoms with Gasteiger partial charge in [0.05, 0.1) is 0 Å². The maximum absolute atomic E-state index is 13.1. The Hall–Kier alpha value is -1.79. The molecule has 1 saturated carbocycles. The zero-order valence-electron chi connectivity index (χ0n) is 12.9. The second-order valence-corrected chi connectivity index (χ2v) is 6.52. The normalized spacial score (nSPS) is 25.3. The van der Waals surface area contributed by atoms with Crippen molar-refractivity contribution in [1.29, 1.82) is 0 Å². The van der Waals surface area contributed by atoms with Gasteiger partial charge in [0.2, 0.25) is 11.8 Å². The van der Waals surface area contributed by atoms with Gasteiger partial charge >= 0.3 is 0 Å². The van der Waals surface area contributed by atoms with Crippen LogP contribution in [0.1, 0.15) is 39.5 Å². The first kappa shape index (κ1) is 15.6. The van der Waals surface area contributed by atoms with Gasteiger partial charge in [-0.15, -0.1) is 0 Å². The summed E-state index contributed by atoms with van der Waals surface area (Å²) in [4.78, 5) is 28.6.